The van der Waals surface area contributed by atoms with Gasteiger partial charge < -0.3 is 0 Å². The first-order valence-corrected chi connectivity index (χ1v) is 6.50. The fourth-order valence-electron chi connectivity index (χ4n) is 1.23. The van der Waals surface area contributed by atoms with Crippen LogP contribution in [0.15, 0.2) is 15.9 Å². The van der Waals surface area contributed by atoms with Crippen molar-refractivity contribution in [1.82, 2.24) is 5.32 Å². The molecule has 1 N–H and O–H groups in total. The third kappa shape index (κ3) is 1.87. The van der Waals surface area contributed by atoms with E-state index in [4.69, 9.17) is 0 Å². The lowest BCUT2D eigenvalue weighted by Crippen LogP contribution is -2.12. The van der Waals surface area contributed by atoms with Crippen LogP contribution in [0.1, 0.15) is 17.2 Å². The zero-order valence-corrected chi connectivity index (χ0v) is 9.93. The Labute approximate surface area is 89.1 Å². The Kier molecular flexibility index (Phi) is 2.79. The molecule has 0 amide bonds. The molecule has 0 saturated carbocycles. The smallest absolute Gasteiger partial charge is 0.0886 e. The Morgan fingerprint density at radius 3 is 3.00 bits per heavy atom. The summed E-state index contributed by atoms with van der Waals surface area (Å²) >= 11 is 7.30. The van der Waals surface area contributed by atoms with Crippen LogP contribution in [0.4, 0.5) is 0 Å². The van der Waals surface area contributed by atoms with Crippen LogP contribution >= 0.6 is 39.0 Å². The molecule has 12 heavy (non-hydrogen) atoms. The van der Waals surface area contributed by atoms with E-state index < -0.39 is 0 Å². The molecule has 2 heterocycles. The molecule has 4 heteroatoms. The van der Waals surface area contributed by atoms with E-state index in [1.54, 1.807) is 0 Å². The predicted octanol–water partition coefficient (Wildman–Crippen LogP) is 3.23. The number of thioether (sulfide) groups is 1. The van der Waals surface area contributed by atoms with Crippen molar-refractivity contribution < 1.29 is 0 Å². The van der Waals surface area contributed by atoms with E-state index in [-0.39, 0.29) is 0 Å². The second-order valence-electron chi connectivity index (χ2n) is 2.90. The number of hydrogen-bond acceptors (Lipinski definition) is 3. The quantitative estimate of drug-likeness (QED) is 0.835. The van der Waals surface area contributed by atoms with Crippen LogP contribution in [0.2, 0.25) is 0 Å². The molecule has 1 aliphatic rings. The van der Waals surface area contributed by atoms with Crippen molar-refractivity contribution in [3.05, 3.63) is 20.8 Å². The Bertz CT molecular complexity index is 274. The molecule has 1 aliphatic heterocycles. The van der Waals surface area contributed by atoms with Crippen LogP contribution in [0.5, 0.6) is 0 Å². The highest BCUT2D eigenvalue weighted by Crippen LogP contribution is 2.38. The minimum Gasteiger partial charge on any atom is -0.300 e. The van der Waals surface area contributed by atoms with Gasteiger partial charge in [-0.1, -0.05) is 6.92 Å². The van der Waals surface area contributed by atoms with Gasteiger partial charge in [0.05, 0.1) is 5.37 Å². The molecule has 0 spiro atoms. The van der Waals surface area contributed by atoms with Gasteiger partial charge in [0.15, 0.2) is 0 Å². The summed E-state index contributed by atoms with van der Waals surface area (Å²) in [6, 6.07) is 2.20. The molecule has 1 nitrogen and oxygen atoms in total. The average molecular weight is 264 g/mol. The number of thiophene rings is 1. The summed E-state index contributed by atoms with van der Waals surface area (Å²) in [4.78, 5) is 1.43. The molecule has 1 aromatic rings. The largest absolute Gasteiger partial charge is 0.300 e. The molecular weight excluding hydrogens is 254 g/mol. The first-order valence-electron chi connectivity index (χ1n) is 3.88. The molecule has 0 aliphatic carbocycles. The lowest BCUT2D eigenvalue weighted by molar-refractivity contribution is 0.725. The summed E-state index contributed by atoms with van der Waals surface area (Å²) in [5.74, 6) is 0. The van der Waals surface area contributed by atoms with Gasteiger partial charge in [-0.2, -0.15) is 0 Å². The maximum absolute atomic E-state index is 3.49. The van der Waals surface area contributed by atoms with Gasteiger partial charge >= 0.3 is 0 Å². The molecule has 0 radical (unpaired) electrons. The minimum absolute atomic E-state index is 0.524. The van der Waals surface area contributed by atoms with Crippen LogP contribution < -0.4 is 5.32 Å². The van der Waals surface area contributed by atoms with Crippen molar-refractivity contribution in [2.24, 2.45) is 0 Å². The highest BCUT2D eigenvalue weighted by Gasteiger charge is 2.23. The Morgan fingerprint density at radius 2 is 2.50 bits per heavy atom. The number of rotatable bonds is 1. The number of halogens is 1. The van der Waals surface area contributed by atoms with Crippen LogP contribution in [0.3, 0.4) is 0 Å². The second-order valence-corrected chi connectivity index (χ2v) is 6.31. The van der Waals surface area contributed by atoms with Crippen molar-refractivity contribution in [2.45, 2.75) is 17.5 Å². The van der Waals surface area contributed by atoms with Crippen LogP contribution in [-0.4, -0.2) is 11.8 Å². The first kappa shape index (κ1) is 9.06. The van der Waals surface area contributed by atoms with Gasteiger partial charge in [0.25, 0.3) is 0 Å². The highest BCUT2D eigenvalue weighted by atomic mass is 79.9. The SMILES string of the molecule is CC1CNC(c2cc(Br)cs2)S1. The number of hydrogen-bond donors (Lipinski definition) is 1. The molecule has 0 aromatic carbocycles. The van der Waals surface area contributed by atoms with Gasteiger partial charge in [0.1, 0.15) is 0 Å². The van der Waals surface area contributed by atoms with Gasteiger partial charge in [-0.3, -0.25) is 5.32 Å². The molecule has 0 bridgehead atoms. The highest BCUT2D eigenvalue weighted by molar-refractivity contribution is 9.10. The average Bonchev–Trinajstić information content (AvgIpc) is 2.58. The lowest BCUT2D eigenvalue weighted by Gasteiger charge is -2.05. The zero-order chi connectivity index (χ0) is 8.55. The van der Waals surface area contributed by atoms with Gasteiger partial charge in [-0.05, 0) is 22.0 Å². The van der Waals surface area contributed by atoms with E-state index in [0.29, 0.717) is 5.37 Å². The number of nitrogens with one attached hydrogen (secondary N) is 1. The molecular formula is C8H10BrNS2. The molecule has 1 saturated heterocycles. The van der Waals surface area contributed by atoms with E-state index in [1.807, 2.05) is 23.1 Å². The Hall–Kier alpha value is 0.490. The van der Waals surface area contributed by atoms with Crippen molar-refractivity contribution >= 4 is 39.0 Å². The van der Waals surface area contributed by atoms with Crippen molar-refractivity contribution in [3.8, 4) is 0 Å². The van der Waals surface area contributed by atoms with E-state index in [1.165, 1.54) is 9.35 Å². The maximum Gasteiger partial charge on any atom is 0.0886 e. The Balaban J connectivity index is 2.11. The van der Waals surface area contributed by atoms with E-state index >= 15 is 0 Å². The Morgan fingerprint density at radius 1 is 1.67 bits per heavy atom. The summed E-state index contributed by atoms with van der Waals surface area (Å²) < 4.78 is 1.20. The third-order valence-electron chi connectivity index (χ3n) is 1.81. The monoisotopic (exact) mass is 263 g/mol. The topological polar surface area (TPSA) is 12.0 Å². The summed E-state index contributed by atoms with van der Waals surface area (Å²) in [6.07, 6.45) is 0. The van der Waals surface area contributed by atoms with Crippen molar-refractivity contribution in [2.75, 3.05) is 6.54 Å². The molecule has 2 unspecified atom stereocenters. The van der Waals surface area contributed by atoms with Crippen molar-refractivity contribution in [1.29, 1.82) is 0 Å². The predicted molar refractivity (Wildman–Crippen MR) is 59.8 cm³/mol. The molecule has 2 rings (SSSR count). The standard InChI is InChI=1S/C8H10BrNS2/c1-5-3-10-8(12-5)7-2-6(9)4-11-7/h2,4-5,8,10H,3H2,1H3. The molecule has 2 atom stereocenters. The van der Waals surface area contributed by atoms with Gasteiger partial charge in [-0.15, -0.1) is 23.1 Å². The fourth-order valence-corrected chi connectivity index (χ4v) is 4.02. The van der Waals surface area contributed by atoms with Gasteiger partial charge in [-0.25, -0.2) is 0 Å². The molecule has 1 fully saturated rings. The second kappa shape index (κ2) is 3.70. The van der Waals surface area contributed by atoms with Crippen LogP contribution in [0, 0.1) is 0 Å². The van der Waals surface area contributed by atoms with E-state index in [9.17, 15) is 0 Å². The maximum atomic E-state index is 3.49. The first-order chi connectivity index (χ1) is 5.75. The van der Waals surface area contributed by atoms with Crippen LogP contribution in [0.25, 0.3) is 0 Å². The van der Waals surface area contributed by atoms with Crippen molar-refractivity contribution in [3.63, 3.8) is 0 Å². The summed E-state index contributed by atoms with van der Waals surface area (Å²) in [5, 5.41) is 6.90. The molecule has 66 valence electrons. The molecule has 1 aromatic heterocycles. The van der Waals surface area contributed by atoms with Gasteiger partial charge in [0.2, 0.25) is 0 Å². The third-order valence-corrected chi connectivity index (χ3v) is 5.04. The van der Waals surface area contributed by atoms with Gasteiger partial charge in [0, 0.05) is 26.5 Å². The summed E-state index contributed by atoms with van der Waals surface area (Å²) in [5.41, 5.74) is 0. The summed E-state index contributed by atoms with van der Waals surface area (Å²) in [7, 11) is 0. The zero-order valence-electron chi connectivity index (χ0n) is 6.71. The normalized spacial score (nSPS) is 29.5. The minimum atomic E-state index is 0.524. The lowest BCUT2D eigenvalue weighted by atomic mass is 10.4. The van der Waals surface area contributed by atoms with E-state index in [0.717, 1.165) is 11.8 Å². The summed E-state index contributed by atoms with van der Waals surface area (Å²) in [6.45, 7) is 3.39. The van der Waals surface area contributed by atoms with E-state index in [2.05, 4.69) is 39.6 Å². The van der Waals surface area contributed by atoms with Crippen LogP contribution in [-0.2, 0) is 0 Å². The fraction of sp³-hybridized carbons (Fsp3) is 0.500.